The molecule has 0 aliphatic carbocycles. The maximum absolute atomic E-state index is 11.6. The minimum atomic E-state index is 0.264. The van der Waals surface area contributed by atoms with Crippen molar-refractivity contribution in [2.45, 2.75) is 32.6 Å². The molecular weight excluding hydrogens is 262 g/mol. The van der Waals surface area contributed by atoms with Crippen LogP contribution in [-0.2, 0) is 11.2 Å². The highest BCUT2D eigenvalue weighted by molar-refractivity contribution is 5.82. The first kappa shape index (κ1) is 13.8. The first-order valence-electron chi connectivity index (χ1n) is 7.47. The summed E-state index contributed by atoms with van der Waals surface area (Å²) in [6.45, 7) is 2.60. The van der Waals surface area contributed by atoms with Crippen LogP contribution < -0.4 is 4.74 Å². The molecule has 0 aromatic heterocycles. The number of hydrogen-bond acceptors (Lipinski definition) is 3. The summed E-state index contributed by atoms with van der Waals surface area (Å²) in [5.41, 5.74) is 4.42. The van der Waals surface area contributed by atoms with Crippen molar-refractivity contribution in [2.75, 3.05) is 6.61 Å². The van der Waals surface area contributed by atoms with Crippen LogP contribution in [0.5, 0.6) is 5.75 Å². The molecular formula is C18H19NO2. The van der Waals surface area contributed by atoms with Crippen LogP contribution in [-0.4, -0.2) is 18.6 Å². The van der Waals surface area contributed by atoms with Crippen molar-refractivity contribution in [1.82, 2.24) is 0 Å². The number of ether oxygens (including phenoxy) is 1. The molecule has 0 radical (unpaired) electrons. The largest absolute Gasteiger partial charge is 0.493 e. The summed E-state index contributed by atoms with van der Waals surface area (Å²) in [5, 5.41) is 0. The molecule has 0 saturated heterocycles. The number of carbonyl (C=O) groups is 1. The van der Waals surface area contributed by atoms with E-state index in [0.717, 1.165) is 35.4 Å². The molecule has 0 atom stereocenters. The van der Waals surface area contributed by atoms with Crippen LogP contribution in [0.2, 0.25) is 0 Å². The van der Waals surface area contributed by atoms with E-state index < -0.39 is 0 Å². The molecule has 0 bridgehead atoms. The van der Waals surface area contributed by atoms with Gasteiger partial charge in [0.05, 0.1) is 12.3 Å². The van der Waals surface area contributed by atoms with E-state index in [4.69, 9.17) is 4.74 Å². The molecule has 0 unspecified atom stereocenters. The van der Waals surface area contributed by atoms with Crippen molar-refractivity contribution in [3.63, 3.8) is 0 Å². The second kappa shape index (κ2) is 6.08. The maximum Gasteiger partial charge on any atom is 0.136 e. The van der Waals surface area contributed by atoms with E-state index in [2.05, 4.69) is 23.2 Å². The topological polar surface area (TPSA) is 38.7 Å². The number of fused-ring (bicyclic) bond motifs is 1. The van der Waals surface area contributed by atoms with E-state index in [0.29, 0.717) is 19.4 Å². The fourth-order valence-electron chi connectivity index (χ4n) is 2.63. The minimum absolute atomic E-state index is 0.264. The average molecular weight is 281 g/mol. The number of aliphatic imine (C=N–C) groups is 1. The van der Waals surface area contributed by atoms with E-state index in [9.17, 15) is 4.79 Å². The van der Waals surface area contributed by atoms with Gasteiger partial charge in [0.15, 0.2) is 0 Å². The molecule has 3 heteroatoms. The zero-order chi connectivity index (χ0) is 14.7. The quantitative estimate of drug-likeness (QED) is 0.843. The number of nitrogens with zero attached hydrogens (tertiary/aromatic N) is 1. The predicted octanol–water partition coefficient (Wildman–Crippen LogP) is 3.73. The van der Waals surface area contributed by atoms with Gasteiger partial charge in [-0.15, -0.1) is 0 Å². The van der Waals surface area contributed by atoms with Crippen LogP contribution >= 0.6 is 0 Å². The third kappa shape index (κ3) is 3.13. The van der Waals surface area contributed by atoms with Crippen molar-refractivity contribution in [2.24, 2.45) is 4.99 Å². The molecule has 1 aromatic carbocycles. The van der Waals surface area contributed by atoms with Crippen LogP contribution in [0.1, 0.15) is 37.3 Å². The van der Waals surface area contributed by atoms with Gasteiger partial charge >= 0.3 is 0 Å². The number of carbonyl (C=O) groups excluding carboxylic acids is 1. The fourth-order valence-corrected chi connectivity index (χ4v) is 2.63. The molecule has 0 saturated carbocycles. The third-order valence-electron chi connectivity index (χ3n) is 3.81. The lowest BCUT2D eigenvalue weighted by Gasteiger charge is -2.21. The van der Waals surface area contributed by atoms with E-state index in [1.807, 2.05) is 25.3 Å². The number of benzene rings is 1. The highest BCUT2D eigenvalue weighted by Crippen LogP contribution is 2.35. The van der Waals surface area contributed by atoms with Crippen molar-refractivity contribution < 1.29 is 9.53 Å². The summed E-state index contributed by atoms with van der Waals surface area (Å²) >= 11 is 0. The van der Waals surface area contributed by atoms with Gasteiger partial charge in [-0.2, -0.15) is 0 Å². The van der Waals surface area contributed by atoms with Gasteiger partial charge < -0.3 is 4.74 Å². The number of hydrogen-bond donors (Lipinski definition) is 0. The molecule has 0 N–H and O–H groups in total. The Kier molecular flexibility index (Phi) is 4.00. The lowest BCUT2D eigenvalue weighted by atomic mass is 9.95. The van der Waals surface area contributed by atoms with Gasteiger partial charge in [0.25, 0.3) is 0 Å². The van der Waals surface area contributed by atoms with E-state index >= 15 is 0 Å². The Morgan fingerprint density at radius 2 is 2.33 bits per heavy atom. The van der Waals surface area contributed by atoms with Crippen LogP contribution in [0.3, 0.4) is 0 Å². The van der Waals surface area contributed by atoms with Crippen molar-refractivity contribution in [3.8, 4) is 5.75 Å². The SMILES string of the molecule is CCC(=O)Cc1ccc2c(c1)/C(=C/C1=CCC=N1)CCO2. The first-order chi connectivity index (χ1) is 10.3. The van der Waals surface area contributed by atoms with E-state index in [1.54, 1.807) is 0 Å². The molecule has 3 nitrogen and oxygen atoms in total. The lowest BCUT2D eigenvalue weighted by molar-refractivity contribution is -0.118. The number of rotatable bonds is 4. The predicted molar refractivity (Wildman–Crippen MR) is 84.7 cm³/mol. The van der Waals surface area contributed by atoms with Crippen molar-refractivity contribution >= 4 is 17.6 Å². The number of ketones is 1. The van der Waals surface area contributed by atoms with Crippen LogP contribution in [0.15, 0.2) is 41.0 Å². The molecule has 1 aromatic rings. The smallest absolute Gasteiger partial charge is 0.136 e. The van der Waals surface area contributed by atoms with Gasteiger partial charge in [0, 0.05) is 37.5 Å². The van der Waals surface area contributed by atoms with Gasteiger partial charge in [-0.05, 0) is 29.3 Å². The van der Waals surface area contributed by atoms with E-state index in [-0.39, 0.29) is 5.78 Å². The molecule has 3 rings (SSSR count). The van der Waals surface area contributed by atoms with Gasteiger partial charge in [-0.25, -0.2) is 0 Å². The minimum Gasteiger partial charge on any atom is -0.493 e. The maximum atomic E-state index is 11.6. The molecule has 2 heterocycles. The van der Waals surface area contributed by atoms with Crippen molar-refractivity contribution in [3.05, 3.63) is 47.2 Å². The zero-order valence-electron chi connectivity index (χ0n) is 12.3. The average Bonchev–Trinajstić information content (AvgIpc) is 3.01. The van der Waals surface area contributed by atoms with E-state index in [1.165, 1.54) is 5.57 Å². The Balaban J connectivity index is 1.93. The van der Waals surface area contributed by atoms with Gasteiger partial charge in [0.1, 0.15) is 11.5 Å². The summed E-state index contributed by atoms with van der Waals surface area (Å²) in [4.78, 5) is 16.0. The highest BCUT2D eigenvalue weighted by Gasteiger charge is 2.17. The van der Waals surface area contributed by atoms with Crippen LogP contribution in [0.4, 0.5) is 0 Å². The summed E-state index contributed by atoms with van der Waals surface area (Å²) in [6.07, 6.45) is 9.04. The van der Waals surface area contributed by atoms with Gasteiger partial charge in [-0.1, -0.05) is 19.1 Å². The lowest BCUT2D eigenvalue weighted by Crippen LogP contribution is -2.09. The molecule has 2 aliphatic rings. The molecule has 0 amide bonds. The molecule has 108 valence electrons. The Hall–Kier alpha value is -2.16. The summed E-state index contributed by atoms with van der Waals surface area (Å²) in [7, 11) is 0. The molecule has 2 aliphatic heterocycles. The van der Waals surface area contributed by atoms with Gasteiger partial charge in [-0.3, -0.25) is 9.79 Å². The van der Waals surface area contributed by atoms with Crippen LogP contribution in [0, 0.1) is 0 Å². The number of allylic oxidation sites excluding steroid dienone is 2. The van der Waals surface area contributed by atoms with Crippen LogP contribution in [0.25, 0.3) is 5.57 Å². The molecule has 0 fully saturated rings. The Labute approximate surface area is 125 Å². The molecule has 21 heavy (non-hydrogen) atoms. The standard InChI is InChI=1S/C18H19NO2/c1-2-16(20)10-13-5-6-18-17(11-13)14(7-9-21-18)12-15-4-3-8-19-15/h4-6,8,11-12H,2-3,7,9-10H2,1H3/b14-12+. The highest BCUT2D eigenvalue weighted by atomic mass is 16.5. The Bertz CT molecular complexity index is 653. The second-order valence-electron chi connectivity index (χ2n) is 5.34. The zero-order valence-corrected chi connectivity index (χ0v) is 12.3. The molecule has 0 spiro atoms. The Morgan fingerprint density at radius 3 is 3.10 bits per heavy atom. The van der Waals surface area contributed by atoms with Crippen molar-refractivity contribution in [1.29, 1.82) is 0 Å². The first-order valence-corrected chi connectivity index (χ1v) is 7.47. The summed E-state index contributed by atoms with van der Waals surface area (Å²) in [5.74, 6) is 1.17. The summed E-state index contributed by atoms with van der Waals surface area (Å²) in [6, 6.07) is 6.06. The fraction of sp³-hybridized carbons (Fsp3) is 0.333. The summed E-state index contributed by atoms with van der Waals surface area (Å²) < 4.78 is 5.72. The van der Waals surface area contributed by atoms with Gasteiger partial charge in [0.2, 0.25) is 0 Å². The third-order valence-corrected chi connectivity index (χ3v) is 3.81. The Morgan fingerprint density at radius 1 is 1.43 bits per heavy atom. The normalized spacial score (nSPS) is 18.3. The monoisotopic (exact) mass is 281 g/mol. The number of Topliss-reactive ketones (excluding diaryl/α,β-unsaturated/α-hetero) is 1. The second-order valence-corrected chi connectivity index (χ2v) is 5.34.